The largest absolute Gasteiger partial charge is 0.394 e. The number of H-pyrrole nitrogens is 2. The molecule has 0 aromatic carbocycles. The van der Waals surface area contributed by atoms with E-state index in [0.29, 0.717) is 5.69 Å². The second-order valence-electron chi connectivity index (χ2n) is 6.46. The van der Waals surface area contributed by atoms with Crippen LogP contribution in [0.1, 0.15) is 17.5 Å². The van der Waals surface area contributed by atoms with Crippen molar-refractivity contribution in [3.8, 4) is 11.8 Å². The van der Waals surface area contributed by atoms with E-state index >= 15 is 0 Å². The van der Waals surface area contributed by atoms with Gasteiger partial charge in [0.1, 0.15) is 23.9 Å². The molecule has 0 bridgehead atoms. The summed E-state index contributed by atoms with van der Waals surface area (Å²) in [5.41, 5.74) is -0.957. The molecule has 5 N–H and O–H groups in total. The number of ether oxygens (including phenoxy) is 2. The van der Waals surface area contributed by atoms with Crippen LogP contribution < -0.4 is 16.6 Å². The van der Waals surface area contributed by atoms with E-state index in [0.717, 1.165) is 4.57 Å². The summed E-state index contributed by atoms with van der Waals surface area (Å²) >= 11 is 0. The summed E-state index contributed by atoms with van der Waals surface area (Å²) in [7, 11) is 1.33. The van der Waals surface area contributed by atoms with Crippen molar-refractivity contribution < 1.29 is 24.5 Å². The van der Waals surface area contributed by atoms with Crippen molar-refractivity contribution in [2.24, 2.45) is 0 Å². The van der Waals surface area contributed by atoms with Crippen LogP contribution in [0.5, 0.6) is 0 Å². The van der Waals surface area contributed by atoms with Crippen molar-refractivity contribution >= 4 is 5.91 Å². The molecule has 0 saturated carbocycles. The fourth-order valence-corrected chi connectivity index (χ4v) is 3.01. The van der Waals surface area contributed by atoms with Gasteiger partial charge in [-0.1, -0.05) is 11.8 Å². The molecule has 2 aromatic heterocycles. The SMILES string of the molecule is CO[C@@H]1[C@H](O)[C@@H](CO)O[C@H]1n1cc(C#CCNC(=O)Cc2c[nH]cn2)c(=O)[nH]c1=O. The Balaban J connectivity index is 1.73. The van der Waals surface area contributed by atoms with Crippen LogP contribution in [0.4, 0.5) is 0 Å². The zero-order valence-electron chi connectivity index (χ0n) is 16.0. The number of carbonyl (C=O) groups excluding carboxylic acids is 1. The highest BCUT2D eigenvalue weighted by molar-refractivity contribution is 5.78. The van der Waals surface area contributed by atoms with Gasteiger partial charge in [-0.25, -0.2) is 9.78 Å². The molecule has 1 aliphatic rings. The van der Waals surface area contributed by atoms with Gasteiger partial charge in [-0.2, -0.15) is 0 Å². The molecular formula is C18H21N5O7. The number of nitrogens with zero attached hydrogens (tertiary/aromatic N) is 2. The van der Waals surface area contributed by atoms with Gasteiger partial charge in [0, 0.05) is 19.5 Å². The molecule has 1 fully saturated rings. The molecule has 160 valence electrons. The van der Waals surface area contributed by atoms with E-state index in [-0.39, 0.29) is 24.4 Å². The fraction of sp³-hybridized carbons (Fsp3) is 0.444. The van der Waals surface area contributed by atoms with Crippen LogP contribution in [0.25, 0.3) is 0 Å². The van der Waals surface area contributed by atoms with Crippen molar-refractivity contribution in [1.82, 2.24) is 24.8 Å². The normalized spacial score (nSPS) is 23.0. The Morgan fingerprint density at radius 2 is 2.27 bits per heavy atom. The van der Waals surface area contributed by atoms with Crippen molar-refractivity contribution in [1.29, 1.82) is 0 Å². The van der Waals surface area contributed by atoms with Crippen molar-refractivity contribution in [3.63, 3.8) is 0 Å². The molecule has 12 nitrogen and oxygen atoms in total. The number of aliphatic hydroxyl groups excluding tert-OH is 2. The quantitative estimate of drug-likeness (QED) is 0.313. The molecule has 0 unspecified atom stereocenters. The predicted octanol–water partition coefficient (Wildman–Crippen LogP) is -2.76. The van der Waals surface area contributed by atoms with E-state index in [4.69, 9.17) is 9.47 Å². The average Bonchev–Trinajstić information content (AvgIpc) is 3.33. The molecule has 4 atom stereocenters. The molecule has 0 spiro atoms. The van der Waals surface area contributed by atoms with E-state index < -0.39 is 42.4 Å². The zero-order valence-corrected chi connectivity index (χ0v) is 16.0. The van der Waals surface area contributed by atoms with Crippen LogP contribution in [0.15, 0.2) is 28.3 Å². The molecule has 1 amide bonds. The van der Waals surface area contributed by atoms with Crippen LogP contribution in [-0.4, -0.2) is 74.2 Å². The molecule has 3 heterocycles. The Labute approximate surface area is 169 Å². The fourth-order valence-electron chi connectivity index (χ4n) is 3.01. The Morgan fingerprint density at radius 1 is 1.47 bits per heavy atom. The Bertz CT molecular complexity index is 1050. The Morgan fingerprint density at radius 3 is 2.93 bits per heavy atom. The monoisotopic (exact) mass is 419 g/mol. The summed E-state index contributed by atoms with van der Waals surface area (Å²) in [6.07, 6.45) is 0.221. The second kappa shape index (κ2) is 9.51. The third-order valence-electron chi connectivity index (χ3n) is 4.50. The number of imidazole rings is 1. The number of hydrogen-bond donors (Lipinski definition) is 5. The second-order valence-corrected chi connectivity index (χ2v) is 6.46. The lowest BCUT2D eigenvalue weighted by atomic mass is 10.1. The van der Waals surface area contributed by atoms with Crippen molar-refractivity contribution in [2.45, 2.75) is 31.0 Å². The maximum Gasteiger partial charge on any atom is 0.330 e. The highest BCUT2D eigenvalue weighted by Gasteiger charge is 2.45. The summed E-state index contributed by atoms with van der Waals surface area (Å²) < 4.78 is 11.7. The first-order chi connectivity index (χ1) is 14.4. The number of aromatic nitrogens is 4. The van der Waals surface area contributed by atoms with E-state index in [1.165, 1.54) is 19.6 Å². The molecule has 0 radical (unpaired) electrons. The smallest absolute Gasteiger partial charge is 0.330 e. The maximum absolute atomic E-state index is 12.2. The van der Waals surface area contributed by atoms with Gasteiger partial charge in [-0.05, 0) is 0 Å². The first kappa shape index (κ1) is 21.5. The number of carbonyl (C=O) groups is 1. The van der Waals surface area contributed by atoms with Crippen molar-refractivity contribution in [2.75, 3.05) is 20.3 Å². The summed E-state index contributed by atoms with van der Waals surface area (Å²) in [6, 6.07) is 0. The number of methoxy groups -OCH3 is 1. The number of rotatable bonds is 6. The van der Waals surface area contributed by atoms with E-state index in [9.17, 15) is 24.6 Å². The summed E-state index contributed by atoms with van der Waals surface area (Å²) in [5.74, 6) is 4.94. The molecular weight excluding hydrogens is 398 g/mol. The van der Waals surface area contributed by atoms with Gasteiger partial charge in [0.05, 0.1) is 31.6 Å². The minimum atomic E-state index is -1.16. The third kappa shape index (κ3) is 4.66. The lowest BCUT2D eigenvalue weighted by Crippen LogP contribution is -2.39. The molecule has 1 saturated heterocycles. The van der Waals surface area contributed by atoms with E-state index in [2.05, 4.69) is 32.1 Å². The third-order valence-corrected chi connectivity index (χ3v) is 4.50. The van der Waals surface area contributed by atoms with Gasteiger partial charge in [0.15, 0.2) is 6.23 Å². The highest BCUT2D eigenvalue weighted by atomic mass is 16.6. The Hall–Kier alpha value is -3.24. The summed E-state index contributed by atoms with van der Waals surface area (Å²) in [6.45, 7) is -0.492. The molecule has 1 aliphatic heterocycles. The number of amides is 1. The van der Waals surface area contributed by atoms with Gasteiger partial charge in [-0.3, -0.25) is 19.1 Å². The van der Waals surface area contributed by atoms with Crippen molar-refractivity contribution in [3.05, 3.63) is 50.8 Å². The topological polar surface area (TPSA) is 172 Å². The molecule has 3 rings (SSSR count). The van der Waals surface area contributed by atoms with E-state index in [1.807, 2.05) is 0 Å². The van der Waals surface area contributed by atoms with Gasteiger partial charge >= 0.3 is 5.69 Å². The number of hydrogen-bond acceptors (Lipinski definition) is 8. The minimum absolute atomic E-state index is 0.0201. The van der Waals surface area contributed by atoms with Crippen LogP contribution in [0.3, 0.4) is 0 Å². The van der Waals surface area contributed by atoms with Gasteiger partial charge in [-0.15, -0.1) is 0 Å². The first-order valence-electron chi connectivity index (χ1n) is 9.00. The average molecular weight is 419 g/mol. The number of aromatic amines is 2. The predicted molar refractivity (Wildman–Crippen MR) is 101 cm³/mol. The molecule has 30 heavy (non-hydrogen) atoms. The molecule has 2 aromatic rings. The van der Waals surface area contributed by atoms with Gasteiger partial charge in [0.2, 0.25) is 5.91 Å². The minimum Gasteiger partial charge on any atom is -0.394 e. The van der Waals surface area contributed by atoms with Crippen LogP contribution in [0, 0.1) is 11.8 Å². The zero-order chi connectivity index (χ0) is 21.7. The van der Waals surface area contributed by atoms with Gasteiger partial charge < -0.3 is 30.0 Å². The molecule has 12 heteroatoms. The van der Waals surface area contributed by atoms with Crippen LogP contribution >= 0.6 is 0 Å². The van der Waals surface area contributed by atoms with E-state index in [1.54, 1.807) is 6.20 Å². The summed E-state index contributed by atoms with van der Waals surface area (Å²) in [5, 5.41) is 22.0. The lowest BCUT2D eigenvalue weighted by Gasteiger charge is -2.20. The van der Waals surface area contributed by atoms with Crippen LogP contribution in [0.2, 0.25) is 0 Å². The van der Waals surface area contributed by atoms with Crippen LogP contribution in [-0.2, 0) is 20.7 Å². The number of aliphatic hydroxyl groups is 2. The maximum atomic E-state index is 12.2. The lowest BCUT2D eigenvalue weighted by molar-refractivity contribution is -0.120. The number of nitrogens with one attached hydrogen (secondary N) is 3. The summed E-state index contributed by atoms with van der Waals surface area (Å²) in [4.78, 5) is 44.9. The first-order valence-corrected chi connectivity index (χ1v) is 9.00. The molecule has 0 aliphatic carbocycles. The van der Waals surface area contributed by atoms with Gasteiger partial charge in [0.25, 0.3) is 5.56 Å². The highest BCUT2D eigenvalue weighted by Crippen LogP contribution is 2.30. The standard InChI is InChI=1S/C18H21N5O7/c1-29-15-14(26)12(8-24)30-17(15)23-7-10(16(27)22-18(23)28)3-2-4-20-13(25)5-11-6-19-9-21-11/h6-7,9,12,14-15,17,24,26H,4-5,8H2,1H3,(H,19,21)(H,20,25)(H,22,27,28)/t12-,14-,15-,17-/m1/s1. The Kier molecular flexibility index (Phi) is 6.80.